The second-order valence-corrected chi connectivity index (χ2v) is 13.3. The van der Waals surface area contributed by atoms with Crippen LogP contribution in [0.15, 0.2) is 48.5 Å². The van der Waals surface area contributed by atoms with Crippen LogP contribution in [0.1, 0.15) is 38.0 Å². The van der Waals surface area contributed by atoms with Crippen LogP contribution in [0.4, 0.5) is 11.4 Å². The van der Waals surface area contributed by atoms with E-state index in [9.17, 15) is 9.59 Å². The lowest BCUT2D eigenvalue weighted by atomic mass is 9.99. The Morgan fingerprint density at radius 1 is 0.863 bits per heavy atom. The third kappa shape index (κ3) is 5.81. The molecule has 1 saturated heterocycles. The number of fused-ring (bicyclic) bond motifs is 5. The zero-order valence-corrected chi connectivity index (χ0v) is 29.6. The van der Waals surface area contributed by atoms with Crippen LogP contribution in [-0.2, 0) is 11.2 Å². The standard InChI is InChI=1S/C38H40ClN5O7/c1-47-32-18-23-17-28(41-34(23)36(49-3)35(32)48-2)38(46)44-21-24(20-39)33-26-19-29(40-27(26)5-7-31(33)44)37(45)43-9-8-22-16-25(4-6-30(22)43)51-15-12-42-10-13-50-14-11-42/h4-7,16-19,24,40-41H,8-15,20-21H2,1-3H3. The highest BCUT2D eigenvalue weighted by Gasteiger charge is 2.36. The number of nitrogens with zero attached hydrogens (tertiary/aromatic N) is 3. The van der Waals surface area contributed by atoms with E-state index < -0.39 is 0 Å². The van der Waals surface area contributed by atoms with Crippen molar-refractivity contribution in [1.29, 1.82) is 0 Å². The molecule has 12 nitrogen and oxygen atoms in total. The number of aromatic amines is 2. The topological polar surface area (TPSA) is 122 Å². The van der Waals surface area contributed by atoms with Crippen LogP contribution in [0.5, 0.6) is 23.0 Å². The van der Waals surface area contributed by atoms with E-state index in [0.717, 1.165) is 83.8 Å². The quantitative estimate of drug-likeness (QED) is 0.180. The van der Waals surface area contributed by atoms with Gasteiger partial charge in [0, 0.05) is 72.2 Å². The number of morpholine rings is 1. The van der Waals surface area contributed by atoms with E-state index in [1.807, 2.05) is 47.4 Å². The molecule has 3 aliphatic rings. The number of ether oxygens (including phenoxy) is 5. The van der Waals surface area contributed by atoms with Gasteiger partial charge in [0.25, 0.3) is 11.8 Å². The second-order valence-electron chi connectivity index (χ2n) is 13.0. The number of carbonyl (C=O) groups excluding carboxylic acids is 2. The molecular formula is C38H40ClN5O7. The molecule has 1 fully saturated rings. The number of hydrogen-bond acceptors (Lipinski definition) is 8. The zero-order chi connectivity index (χ0) is 35.2. The molecule has 13 heteroatoms. The van der Waals surface area contributed by atoms with E-state index in [1.54, 1.807) is 32.3 Å². The second kappa shape index (κ2) is 13.7. The van der Waals surface area contributed by atoms with Crippen molar-refractivity contribution < 1.29 is 33.3 Å². The molecule has 0 aliphatic carbocycles. The van der Waals surface area contributed by atoms with Gasteiger partial charge in [-0.15, -0.1) is 11.6 Å². The number of methoxy groups -OCH3 is 3. The normalized spacial score (nSPS) is 17.2. The molecule has 0 spiro atoms. The fraction of sp³-hybridized carbons (Fsp3) is 0.368. The number of amides is 2. The number of rotatable bonds is 10. The fourth-order valence-corrected chi connectivity index (χ4v) is 7.92. The molecule has 1 unspecified atom stereocenters. The zero-order valence-electron chi connectivity index (χ0n) is 28.8. The number of H-pyrrole nitrogens is 2. The van der Waals surface area contributed by atoms with Crippen molar-refractivity contribution in [3.8, 4) is 23.0 Å². The van der Waals surface area contributed by atoms with Crippen LogP contribution < -0.4 is 28.7 Å². The lowest BCUT2D eigenvalue weighted by Gasteiger charge is -2.26. The van der Waals surface area contributed by atoms with E-state index in [4.69, 9.17) is 35.3 Å². The number of halogens is 1. The fourth-order valence-electron chi connectivity index (χ4n) is 7.67. The van der Waals surface area contributed by atoms with Crippen molar-refractivity contribution in [2.45, 2.75) is 12.3 Å². The van der Waals surface area contributed by atoms with Crippen molar-refractivity contribution >= 4 is 56.6 Å². The van der Waals surface area contributed by atoms with E-state index >= 15 is 0 Å². The Morgan fingerprint density at radius 3 is 2.39 bits per heavy atom. The number of alkyl halides is 1. The lowest BCUT2D eigenvalue weighted by molar-refractivity contribution is 0.0322. The number of anilines is 2. The molecule has 8 rings (SSSR count). The Bertz CT molecular complexity index is 2140. The van der Waals surface area contributed by atoms with Gasteiger partial charge in [0.05, 0.1) is 40.1 Å². The van der Waals surface area contributed by atoms with E-state index in [0.29, 0.717) is 59.7 Å². The molecule has 5 aromatic rings. The van der Waals surface area contributed by atoms with Gasteiger partial charge in [-0.05, 0) is 66.1 Å². The summed E-state index contributed by atoms with van der Waals surface area (Å²) in [6, 6.07) is 15.3. The summed E-state index contributed by atoms with van der Waals surface area (Å²) in [6.07, 6.45) is 0.752. The van der Waals surface area contributed by atoms with E-state index in [2.05, 4.69) is 14.9 Å². The summed E-state index contributed by atoms with van der Waals surface area (Å²) >= 11 is 6.54. The van der Waals surface area contributed by atoms with Crippen LogP contribution in [0.3, 0.4) is 0 Å². The smallest absolute Gasteiger partial charge is 0.274 e. The molecule has 2 amide bonds. The van der Waals surface area contributed by atoms with Gasteiger partial charge in [-0.2, -0.15) is 0 Å². The molecule has 0 bridgehead atoms. The molecule has 3 aliphatic heterocycles. The van der Waals surface area contributed by atoms with Crippen LogP contribution >= 0.6 is 11.6 Å². The van der Waals surface area contributed by atoms with Crippen LogP contribution in [0.2, 0.25) is 0 Å². The summed E-state index contributed by atoms with van der Waals surface area (Å²) in [7, 11) is 4.64. The van der Waals surface area contributed by atoms with Gasteiger partial charge in [0.1, 0.15) is 23.7 Å². The van der Waals surface area contributed by atoms with Crippen LogP contribution in [0, 0.1) is 0 Å². The summed E-state index contributed by atoms with van der Waals surface area (Å²) in [6.45, 7) is 5.84. The molecule has 3 aromatic carbocycles. The predicted octanol–water partition coefficient (Wildman–Crippen LogP) is 5.57. The number of nitrogens with one attached hydrogen (secondary N) is 2. The highest BCUT2D eigenvalue weighted by atomic mass is 35.5. The van der Waals surface area contributed by atoms with Crippen LogP contribution in [-0.4, -0.2) is 106 Å². The largest absolute Gasteiger partial charge is 0.493 e. The average molecular weight is 714 g/mol. The van der Waals surface area contributed by atoms with Gasteiger partial charge < -0.3 is 43.5 Å². The molecule has 2 N–H and O–H groups in total. The van der Waals surface area contributed by atoms with Crippen molar-refractivity contribution in [3.05, 3.63) is 71.0 Å². The predicted molar refractivity (Wildman–Crippen MR) is 196 cm³/mol. The molecule has 0 saturated carbocycles. The maximum Gasteiger partial charge on any atom is 0.274 e. The highest BCUT2D eigenvalue weighted by Crippen LogP contribution is 2.45. The SMILES string of the molecule is COc1cc2cc(C(=O)N3CC(CCl)c4c3ccc3[nH]c(C(=O)N5CCc6cc(OCCN7CCOCC7)ccc65)cc43)[nH]c2c(OC)c1OC. The first-order valence-electron chi connectivity index (χ1n) is 17.1. The van der Waals surface area contributed by atoms with Crippen LogP contribution in [0.25, 0.3) is 21.8 Å². The van der Waals surface area contributed by atoms with E-state index in [1.165, 1.54) is 0 Å². The average Bonchev–Trinajstić information content (AvgIpc) is 3.96. The maximum absolute atomic E-state index is 14.1. The minimum absolute atomic E-state index is 0.106. The molecular weight excluding hydrogens is 674 g/mol. The molecule has 1 atom stereocenters. The van der Waals surface area contributed by atoms with Gasteiger partial charge in [-0.3, -0.25) is 14.5 Å². The van der Waals surface area contributed by atoms with Gasteiger partial charge >= 0.3 is 0 Å². The Labute approximate surface area is 300 Å². The van der Waals surface area contributed by atoms with Gasteiger partial charge in [0.2, 0.25) is 5.75 Å². The van der Waals surface area contributed by atoms with Crippen molar-refractivity contribution in [2.75, 3.05) is 89.6 Å². The number of carbonyl (C=O) groups is 2. The Kier molecular flexibility index (Phi) is 8.91. The van der Waals surface area contributed by atoms with Gasteiger partial charge in [0.15, 0.2) is 11.5 Å². The van der Waals surface area contributed by atoms with Crippen molar-refractivity contribution in [1.82, 2.24) is 14.9 Å². The van der Waals surface area contributed by atoms with Crippen molar-refractivity contribution in [3.63, 3.8) is 0 Å². The molecule has 0 radical (unpaired) electrons. The maximum atomic E-state index is 14.1. The summed E-state index contributed by atoms with van der Waals surface area (Å²) in [5.41, 5.74) is 6.03. The lowest BCUT2D eigenvalue weighted by Crippen LogP contribution is -2.38. The third-order valence-corrected chi connectivity index (χ3v) is 10.6. The minimum atomic E-state index is -0.204. The molecule has 2 aromatic heterocycles. The highest BCUT2D eigenvalue weighted by molar-refractivity contribution is 6.19. The van der Waals surface area contributed by atoms with Gasteiger partial charge in [-0.25, -0.2) is 0 Å². The van der Waals surface area contributed by atoms with E-state index in [-0.39, 0.29) is 17.7 Å². The summed E-state index contributed by atoms with van der Waals surface area (Å²) in [5, 5.41) is 1.63. The molecule has 266 valence electrons. The van der Waals surface area contributed by atoms with Gasteiger partial charge in [-0.1, -0.05) is 0 Å². The monoisotopic (exact) mass is 713 g/mol. The third-order valence-electron chi connectivity index (χ3n) is 10.2. The Balaban J connectivity index is 1.04. The summed E-state index contributed by atoms with van der Waals surface area (Å²) < 4.78 is 28.2. The Morgan fingerprint density at radius 2 is 1.63 bits per heavy atom. The Hall–Kier alpha value is -4.91. The summed E-state index contributed by atoms with van der Waals surface area (Å²) in [5.74, 6) is 2.08. The summed E-state index contributed by atoms with van der Waals surface area (Å²) in [4.78, 5) is 40.6. The molecule has 5 heterocycles. The first kappa shape index (κ1) is 33.2. The van der Waals surface area contributed by atoms with Crippen molar-refractivity contribution in [2.24, 2.45) is 0 Å². The first-order chi connectivity index (χ1) is 24.9. The minimum Gasteiger partial charge on any atom is -0.493 e. The number of benzene rings is 3. The number of aromatic nitrogens is 2. The number of hydrogen-bond donors (Lipinski definition) is 2. The molecule has 51 heavy (non-hydrogen) atoms. The first-order valence-corrected chi connectivity index (χ1v) is 17.7.